The number of nitrogens with zero attached hydrogens (tertiary/aromatic N) is 1. The van der Waals surface area contributed by atoms with E-state index in [1.165, 1.54) is 22.4 Å². The zero-order valence-corrected chi connectivity index (χ0v) is 19.4. The van der Waals surface area contributed by atoms with Crippen molar-refractivity contribution in [1.82, 2.24) is 4.90 Å². The van der Waals surface area contributed by atoms with E-state index in [9.17, 15) is 0 Å². The second-order valence-electron chi connectivity index (χ2n) is 8.75. The van der Waals surface area contributed by atoms with Crippen molar-refractivity contribution in [3.63, 3.8) is 0 Å². The molecular formula is C28H34N2O2. The molecule has 0 spiro atoms. The highest BCUT2D eigenvalue weighted by atomic mass is 16.5. The van der Waals surface area contributed by atoms with Crippen molar-refractivity contribution in [3.8, 4) is 11.5 Å². The van der Waals surface area contributed by atoms with Crippen molar-refractivity contribution in [2.75, 3.05) is 25.5 Å². The van der Waals surface area contributed by atoms with Gasteiger partial charge in [0, 0.05) is 31.4 Å². The molecule has 1 aliphatic heterocycles. The second kappa shape index (κ2) is 10.6. The molecule has 0 aromatic heterocycles. The summed E-state index contributed by atoms with van der Waals surface area (Å²) >= 11 is 0. The molecule has 1 fully saturated rings. The summed E-state index contributed by atoms with van der Waals surface area (Å²) in [5.41, 5.74) is 6.34. The van der Waals surface area contributed by atoms with E-state index >= 15 is 0 Å². The van der Waals surface area contributed by atoms with Gasteiger partial charge in [0.15, 0.2) is 11.5 Å². The van der Waals surface area contributed by atoms with Gasteiger partial charge in [-0.15, -0.1) is 0 Å². The SMILES string of the molecule is COc1ccc(CN2CCC(Nc3ccc(C)c(C)c3)CC2)cc1OCc1ccccc1. The number of methoxy groups -OCH3 is 1. The molecule has 1 saturated heterocycles. The monoisotopic (exact) mass is 430 g/mol. The molecule has 4 rings (SSSR count). The Morgan fingerprint density at radius 2 is 1.62 bits per heavy atom. The predicted molar refractivity (Wildman–Crippen MR) is 132 cm³/mol. The van der Waals surface area contributed by atoms with Gasteiger partial charge in [-0.25, -0.2) is 0 Å². The van der Waals surface area contributed by atoms with Gasteiger partial charge in [-0.2, -0.15) is 0 Å². The Bertz CT molecular complexity index is 1010. The molecule has 0 aliphatic carbocycles. The van der Waals surface area contributed by atoms with E-state index in [4.69, 9.17) is 9.47 Å². The number of hydrogen-bond acceptors (Lipinski definition) is 4. The molecule has 0 bridgehead atoms. The number of piperidine rings is 1. The van der Waals surface area contributed by atoms with E-state index in [0.29, 0.717) is 12.6 Å². The molecular weight excluding hydrogens is 396 g/mol. The Labute approximate surface area is 192 Å². The first kappa shape index (κ1) is 22.2. The number of anilines is 1. The Morgan fingerprint density at radius 1 is 0.844 bits per heavy atom. The van der Waals surface area contributed by atoms with Crippen LogP contribution < -0.4 is 14.8 Å². The van der Waals surface area contributed by atoms with Gasteiger partial charge in [0.1, 0.15) is 6.61 Å². The van der Waals surface area contributed by atoms with Crippen LogP contribution in [-0.4, -0.2) is 31.1 Å². The molecule has 4 heteroatoms. The third-order valence-electron chi connectivity index (χ3n) is 6.34. The zero-order chi connectivity index (χ0) is 22.3. The third-order valence-corrected chi connectivity index (χ3v) is 6.34. The maximum absolute atomic E-state index is 6.09. The molecule has 0 atom stereocenters. The van der Waals surface area contributed by atoms with E-state index in [2.05, 4.69) is 66.5 Å². The Kier molecular flexibility index (Phi) is 7.33. The van der Waals surface area contributed by atoms with Crippen LogP contribution >= 0.6 is 0 Å². The van der Waals surface area contributed by atoms with E-state index in [1.54, 1.807) is 7.11 Å². The Hall–Kier alpha value is -2.98. The number of aryl methyl sites for hydroxylation is 2. The third kappa shape index (κ3) is 5.83. The van der Waals surface area contributed by atoms with Crippen LogP contribution in [0.2, 0.25) is 0 Å². The molecule has 4 nitrogen and oxygen atoms in total. The van der Waals surface area contributed by atoms with Gasteiger partial charge in [0.2, 0.25) is 0 Å². The molecule has 0 unspecified atom stereocenters. The number of nitrogens with one attached hydrogen (secondary N) is 1. The van der Waals surface area contributed by atoms with Gasteiger partial charge in [-0.3, -0.25) is 4.90 Å². The molecule has 3 aromatic rings. The van der Waals surface area contributed by atoms with Crippen LogP contribution in [0.25, 0.3) is 0 Å². The number of benzene rings is 3. The second-order valence-corrected chi connectivity index (χ2v) is 8.75. The van der Waals surface area contributed by atoms with E-state index in [-0.39, 0.29) is 0 Å². The summed E-state index contributed by atoms with van der Waals surface area (Å²) < 4.78 is 11.6. The van der Waals surface area contributed by atoms with Crippen LogP contribution in [0.5, 0.6) is 11.5 Å². The average Bonchev–Trinajstić information content (AvgIpc) is 2.82. The van der Waals surface area contributed by atoms with Crippen molar-refractivity contribution in [2.45, 2.75) is 45.9 Å². The van der Waals surface area contributed by atoms with Crippen molar-refractivity contribution in [3.05, 3.63) is 89.0 Å². The van der Waals surface area contributed by atoms with Crippen molar-refractivity contribution < 1.29 is 9.47 Å². The smallest absolute Gasteiger partial charge is 0.161 e. The average molecular weight is 431 g/mol. The molecule has 0 radical (unpaired) electrons. The fraction of sp³-hybridized carbons (Fsp3) is 0.357. The van der Waals surface area contributed by atoms with Crippen LogP contribution in [0.3, 0.4) is 0 Å². The van der Waals surface area contributed by atoms with E-state index in [0.717, 1.165) is 49.5 Å². The molecule has 1 heterocycles. The van der Waals surface area contributed by atoms with Crippen LogP contribution in [0, 0.1) is 13.8 Å². The normalized spacial score (nSPS) is 14.8. The van der Waals surface area contributed by atoms with Gasteiger partial charge >= 0.3 is 0 Å². The van der Waals surface area contributed by atoms with Crippen LogP contribution in [0.4, 0.5) is 5.69 Å². The maximum atomic E-state index is 6.09. The highest BCUT2D eigenvalue weighted by Crippen LogP contribution is 2.30. The van der Waals surface area contributed by atoms with Crippen LogP contribution in [-0.2, 0) is 13.2 Å². The minimum atomic E-state index is 0.536. The molecule has 32 heavy (non-hydrogen) atoms. The number of rotatable bonds is 8. The first-order chi connectivity index (χ1) is 15.6. The number of ether oxygens (including phenoxy) is 2. The Balaban J connectivity index is 1.31. The van der Waals surface area contributed by atoms with Crippen molar-refractivity contribution in [2.24, 2.45) is 0 Å². The minimum absolute atomic E-state index is 0.536. The molecule has 3 aromatic carbocycles. The van der Waals surface area contributed by atoms with Gasteiger partial charge in [0.05, 0.1) is 7.11 Å². The lowest BCUT2D eigenvalue weighted by Gasteiger charge is -2.33. The van der Waals surface area contributed by atoms with Crippen molar-refractivity contribution in [1.29, 1.82) is 0 Å². The summed E-state index contributed by atoms with van der Waals surface area (Å²) in [5.74, 6) is 1.58. The summed E-state index contributed by atoms with van der Waals surface area (Å²) in [6, 6.07) is 23.7. The maximum Gasteiger partial charge on any atom is 0.161 e. The number of likely N-dealkylation sites (tertiary alicyclic amines) is 1. The highest BCUT2D eigenvalue weighted by Gasteiger charge is 2.20. The summed E-state index contributed by atoms with van der Waals surface area (Å²) in [6.07, 6.45) is 2.31. The molecule has 0 amide bonds. The Morgan fingerprint density at radius 3 is 2.34 bits per heavy atom. The van der Waals surface area contributed by atoms with E-state index in [1.807, 2.05) is 24.3 Å². The zero-order valence-electron chi connectivity index (χ0n) is 19.4. The highest BCUT2D eigenvalue weighted by molar-refractivity contribution is 5.49. The summed E-state index contributed by atoms with van der Waals surface area (Å²) in [7, 11) is 1.69. The molecule has 0 saturated carbocycles. The topological polar surface area (TPSA) is 33.7 Å². The first-order valence-corrected chi connectivity index (χ1v) is 11.5. The fourth-order valence-electron chi connectivity index (χ4n) is 4.23. The van der Waals surface area contributed by atoms with Gasteiger partial charge in [0.25, 0.3) is 0 Å². The predicted octanol–water partition coefficient (Wildman–Crippen LogP) is 5.97. The lowest BCUT2D eigenvalue weighted by molar-refractivity contribution is 0.210. The van der Waals surface area contributed by atoms with Gasteiger partial charge in [-0.1, -0.05) is 42.5 Å². The summed E-state index contributed by atoms with van der Waals surface area (Å²) in [6.45, 7) is 7.99. The van der Waals surface area contributed by atoms with Crippen LogP contribution in [0.1, 0.15) is 35.1 Å². The fourth-order valence-corrected chi connectivity index (χ4v) is 4.23. The van der Waals surface area contributed by atoms with Crippen LogP contribution in [0.15, 0.2) is 66.7 Å². The van der Waals surface area contributed by atoms with Gasteiger partial charge in [-0.05, 0) is 73.2 Å². The first-order valence-electron chi connectivity index (χ1n) is 11.5. The van der Waals surface area contributed by atoms with E-state index < -0.39 is 0 Å². The lowest BCUT2D eigenvalue weighted by atomic mass is 10.0. The van der Waals surface area contributed by atoms with Crippen molar-refractivity contribution >= 4 is 5.69 Å². The van der Waals surface area contributed by atoms with Gasteiger partial charge < -0.3 is 14.8 Å². The quantitative estimate of drug-likeness (QED) is 0.477. The molecule has 168 valence electrons. The minimum Gasteiger partial charge on any atom is -0.493 e. The molecule has 1 N–H and O–H groups in total. The summed E-state index contributed by atoms with van der Waals surface area (Å²) in [4.78, 5) is 2.53. The lowest BCUT2D eigenvalue weighted by Crippen LogP contribution is -2.38. The standard InChI is InChI=1S/C28H34N2O2/c1-21-9-11-26(17-22(21)2)29-25-13-15-30(16-14-25)19-24-10-12-27(31-3)28(18-24)32-20-23-7-5-4-6-8-23/h4-12,17-18,25,29H,13-16,19-20H2,1-3H3. The summed E-state index contributed by atoms with van der Waals surface area (Å²) in [5, 5.41) is 3.73. The largest absolute Gasteiger partial charge is 0.493 e. The molecule has 1 aliphatic rings. The number of hydrogen-bond donors (Lipinski definition) is 1.